The molecule has 0 aromatic heterocycles. The van der Waals surface area contributed by atoms with Gasteiger partial charge in [-0.15, -0.1) is 0 Å². The molecule has 0 radical (unpaired) electrons. The third-order valence-electron chi connectivity index (χ3n) is 3.49. The summed E-state index contributed by atoms with van der Waals surface area (Å²) in [4.78, 5) is 16.3. The molecule has 1 aliphatic rings. The summed E-state index contributed by atoms with van der Waals surface area (Å²) in [5, 5.41) is 0. The van der Waals surface area contributed by atoms with Gasteiger partial charge in [0, 0.05) is 36.8 Å². The van der Waals surface area contributed by atoms with Crippen molar-refractivity contribution in [1.82, 2.24) is 4.90 Å². The monoisotopic (exact) mass is 325 g/mol. The van der Waals surface area contributed by atoms with E-state index in [2.05, 4.69) is 27.8 Å². The standard InChI is InChI=1S/C14H20BrN3O/c1-10-8-17(2)14(19)13(7-16)18(9-10)12-5-3-4-11(15)6-12/h3-6,10,13H,7-9,16H2,1-2H3. The van der Waals surface area contributed by atoms with E-state index in [-0.39, 0.29) is 11.9 Å². The highest BCUT2D eigenvalue weighted by molar-refractivity contribution is 9.10. The molecule has 0 spiro atoms. The summed E-state index contributed by atoms with van der Waals surface area (Å²) in [7, 11) is 1.85. The Labute approximate surface area is 122 Å². The van der Waals surface area contributed by atoms with Crippen LogP contribution in [0.2, 0.25) is 0 Å². The van der Waals surface area contributed by atoms with Gasteiger partial charge < -0.3 is 15.5 Å². The maximum Gasteiger partial charge on any atom is 0.246 e. The molecule has 1 aliphatic heterocycles. The van der Waals surface area contributed by atoms with Crippen molar-refractivity contribution >= 4 is 27.5 Å². The number of rotatable bonds is 2. The van der Waals surface area contributed by atoms with E-state index >= 15 is 0 Å². The normalized spacial score (nSPS) is 24.5. The third-order valence-corrected chi connectivity index (χ3v) is 3.99. The minimum absolute atomic E-state index is 0.104. The summed E-state index contributed by atoms with van der Waals surface area (Å²) in [6, 6.07) is 7.75. The van der Waals surface area contributed by atoms with Gasteiger partial charge in [-0.25, -0.2) is 0 Å². The molecule has 104 valence electrons. The number of anilines is 1. The minimum atomic E-state index is -0.274. The molecule has 4 nitrogen and oxygen atoms in total. The topological polar surface area (TPSA) is 49.6 Å². The van der Waals surface area contributed by atoms with Crippen LogP contribution in [0.4, 0.5) is 5.69 Å². The van der Waals surface area contributed by atoms with Crippen LogP contribution in [0.25, 0.3) is 0 Å². The number of hydrogen-bond donors (Lipinski definition) is 1. The first-order valence-electron chi connectivity index (χ1n) is 6.50. The first kappa shape index (κ1) is 14.3. The van der Waals surface area contributed by atoms with Gasteiger partial charge >= 0.3 is 0 Å². The minimum Gasteiger partial charge on any atom is -0.358 e. The highest BCUT2D eigenvalue weighted by Gasteiger charge is 2.32. The lowest BCUT2D eigenvalue weighted by atomic mass is 10.1. The molecule has 2 atom stereocenters. The van der Waals surface area contributed by atoms with Crippen LogP contribution < -0.4 is 10.6 Å². The summed E-state index contributed by atoms with van der Waals surface area (Å²) in [6.45, 7) is 4.12. The smallest absolute Gasteiger partial charge is 0.246 e. The molecule has 1 aromatic rings. The van der Waals surface area contributed by atoms with Gasteiger partial charge in [0.15, 0.2) is 0 Å². The van der Waals surface area contributed by atoms with E-state index in [1.807, 2.05) is 31.3 Å². The van der Waals surface area contributed by atoms with Crippen molar-refractivity contribution < 1.29 is 4.79 Å². The molecule has 0 saturated carbocycles. The molecule has 0 aliphatic carbocycles. The molecule has 1 fully saturated rings. The number of carbonyl (C=O) groups is 1. The van der Waals surface area contributed by atoms with Gasteiger partial charge in [-0.3, -0.25) is 4.79 Å². The van der Waals surface area contributed by atoms with Crippen LogP contribution in [0.1, 0.15) is 6.92 Å². The molecule has 19 heavy (non-hydrogen) atoms. The fourth-order valence-corrected chi connectivity index (χ4v) is 3.02. The van der Waals surface area contributed by atoms with Crippen LogP contribution >= 0.6 is 15.9 Å². The average molecular weight is 326 g/mol. The second-order valence-corrected chi connectivity index (χ2v) is 6.12. The lowest BCUT2D eigenvalue weighted by Gasteiger charge is -2.31. The van der Waals surface area contributed by atoms with Crippen LogP contribution in [0.5, 0.6) is 0 Å². The highest BCUT2D eigenvalue weighted by atomic mass is 79.9. The van der Waals surface area contributed by atoms with Crippen molar-refractivity contribution in [1.29, 1.82) is 0 Å². The Morgan fingerprint density at radius 2 is 2.16 bits per heavy atom. The van der Waals surface area contributed by atoms with Gasteiger partial charge in [0.1, 0.15) is 6.04 Å². The Morgan fingerprint density at radius 3 is 2.79 bits per heavy atom. The van der Waals surface area contributed by atoms with Gasteiger partial charge in [0.2, 0.25) is 5.91 Å². The fraction of sp³-hybridized carbons (Fsp3) is 0.500. The molecule has 1 aromatic carbocycles. The summed E-state index contributed by atoms with van der Waals surface area (Å²) in [6.07, 6.45) is 0. The van der Waals surface area contributed by atoms with Gasteiger partial charge in [-0.05, 0) is 24.1 Å². The van der Waals surface area contributed by atoms with Crippen molar-refractivity contribution in [2.45, 2.75) is 13.0 Å². The number of amides is 1. The van der Waals surface area contributed by atoms with E-state index < -0.39 is 0 Å². The molecule has 1 saturated heterocycles. The number of nitrogens with zero attached hydrogens (tertiary/aromatic N) is 2. The van der Waals surface area contributed by atoms with E-state index in [4.69, 9.17) is 5.73 Å². The molecule has 0 bridgehead atoms. The van der Waals surface area contributed by atoms with Gasteiger partial charge in [0.25, 0.3) is 0 Å². The lowest BCUT2D eigenvalue weighted by molar-refractivity contribution is -0.130. The Bertz CT molecular complexity index is 466. The number of nitrogens with two attached hydrogens (primary N) is 1. The molecular formula is C14H20BrN3O. The number of carbonyl (C=O) groups excluding carboxylic acids is 1. The van der Waals surface area contributed by atoms with E-state index in [1.165, 1.54) is 0 Å². The summed E-state index contributed by atoms with van der Waals surface area (Å²) in [5.74, 6) is 0.524. The second-order valence-electron chi connectivity index (χ2n) is 5.21. The number of halogens is 1. The van der Waals surface area contributed by atoms with Crippen LogP contribution in [0.3, 0.4) is 0 Å². The zero-order valence-electron chi connectivity index (χ0n) is 11.3. The van der Waals surface area contributed by atoms with Crippen LogP contribution in [0.15, 0.2) is 28.7 Å². The lowest BCUT2D eigenvalue weighted by Crippen LogP contribution is -2.49. The van der Waals surface area contributed by atoms with Gasteiger partial charge in [-0.1, -0.05) is 28.9 Å². The zero-order valence-corrected chi connectivity index (χ0v) is 12.9. The van der Waals surface area contributed by atoms with Crippen molar-refractivity contribution in [3.63, 3.8) is 0 Å². The third kappa shape index (κ3) is 3.09. The molecule has 2 unspecified atom stereocenters. The fourth-order valence-electron chi connectivity index (χ4n) is 2.63. The maximum absolute atomic E-state index is 12.4. The highest BCUT2D eigenvalue weighted by Crippen LogP contribution is 2.25. The largest absolute Gasteiger partial charge is 0.358 e. The molecule has 1 amide bonds. The van der Waals surface area contributed by atoms with Crippen molar-refractivity contribution in [3.8, 4) is 0 Å². The Morgan fingerprint density at radius 1 is 1.42 bits per heavy atom. The van der Waals surface area contributed by atoms with E-state index in [1.54, 1.807) is 4.90 Å². The summed E-state index contributed by atoms with van der Waals surface area (Å²) in [5.41, 5.74) is 6.88. The molecule has 2 N–H and O–H groups in total. The number of hydrogen-bond acceptors (Lipinski definition) is 3. The Kier molecular flexibility index (Phi) is 4.47. The van der Waals surface area contributed by atoms with E-state index in [0.717, 1.165) is 23.2 Å². The van der Waals surface area contributed by atoms with Gasteiger partial charge in [0.05, 0.1) is 0 Å². The average Bonchev–Trinajstić information content (AvgIpc) is 2.47. The van der Waals surface area contributed by atoms with E-state index in [0.29, 0.717) is 12.5 Å². The summed E-state index contributed by atoms with van der Waals surface area (Å²) >= 11 is 3.48. The van der Waals surface area contributed by atoms with Crippen molar-refractivity contribution in [2.24, 2.45) is 11.7 Å². The number of likely N-dealkylation sites (N-methyl/N-ethyl adjacent to an activating group) is 1. The second kappa shape index (κ2) is 5.92. The van der Waals surface area contributed by atoms with Gasteiger partial charge in [-0.2, -0.15) is 0 Å². The van der Waals surface area contributed by atoms with Crippen LogP contribution in [0, 0.1) is 5.92 Å². The molecular weight excluding hydrogens is 306 g/mol. The summed E-state index contributed by atoms with van der Waals surface area (Å²) < 4.78 is 1.01. The first-order chi connectivity index (χ1) is 9.02. The maximum atomic E-state index is 12.4. The predicted molar refractivity (Wildman–Crippen MR) is 81.1 cm³/mol. The SMILES string of the molecule is CC1CN(C)C(=O)C(CN)N(c2cccc(Br)c2)C1. The van der Waals surface area contributed by atoms with Crippen LogP contribution in [-0.2, 0) is 4.79 Å². The van der Waals surface area contributed by atoms with Crippen LogP contribution in [-0.4, -0.2) is 43.5 Å². The number of benzene rings is 1. The quantitative estimate of drug-likeness (QED) is 0.900. The van der Waals surface area contributed by atoms with E-state index in [9.17, 15) is 4.79 Å². The Hall–Kier alpha value is -1.07. The first-order valence-corrected chi connectivity index (χ1v) is 7.29. The van der Waals surface area contributed by atoms with Crippen molar-refractivity contribution in [2.75, 3.05) is 31.6 Å². The molecule has 2 rings (SSSR count). The van der Waals surface area contributed by atoms with Crippen molar-refractivity contribution in [3.05, 3.63) is 28.7 Å². The Balaban J connectivity index is 2.37. The predicted octanol–water partition coefficient (Wildman–Crippen LogP) is 1.69. The molecule has 5 heteroatoms. The zero-order chi connectivity index (χ0) is 14.0. The molecule has 1 heterocycles.